The summed E-state index contributed by atoms with van der Waals surface area (Å²) in [6.45, 7) is 40.6. The number of aryl methyl sites for hydroxylation is 2. The molecule has 15 rings (SSSR count). The van der Waals surface area contributed by atoms with Gasteiger partial charge < -0.3 is 52.1 Å². The Morgan fingerprint density at radius 3 is 1.23 bits per heavy atom. The van der Waals surface area contributed by atoms with Crippen molar-refractivity contribution < 1.29 is 46.7 Å². The fourth-order valence-electron chi connectivity index (χ4n) is 13.2. The Labute approximate surface area is 664 Å². The minimum atomic E-state index is -0.606. The topological polar surface area (TPSA) is 211 Å². The van der Waals surface area contributed by atoms with Crippen molar-refractivity contribution >= 4 is 151 Å². The first-order chi connectivity index (χ1) is 52.4. The number of hydrogen-bond acceptors (Lipinski definition) is 14. The first-order valence-corrected chi connectivity index (χ1v) is 39.0. The van der Waals surface area contributed by atoms with Crippen LogP contribution < -0.4 is 26.5 Å². The second-order valence-electron chi connectivity index (χ2n) is 31.4. The van der Waals surface area contributed by atoms with Gasteiger partial charge in [0.15, 0.2) is 0 Å². The fraction of sp³-hybridized carbons (Fsp3) is 0.315. The molecule has 0 bridgehead atoms. The molecule has 111 heavy (non-hydrogen) atoms. The van der Waals surface area contributed by atoms with E-state index in [-0.39, 0.29) is 11.7 Å². The largest absolute Gasteiger partial charge is 0.494 e. The molecule has 8 heterocycles. The molecule has 0 radical (unpaired) electrons. The minimum Gasteiger partial charge on any atom is -0.443 e. The van der Waals surface area contributed by atoms with E-state index >= 15 is 0 Å². The number of anilines is 2. The van der Waals surface area contributed by atoms with E-state index in [0.29, 0.717) is 33.4 Å². The van der Waals surface area contributed by atoms with Crippen LogP contribution in [-0.2, 0) is 23.5 Å². The van der Waals surface area contributed by atoms with Gasteiger partial charge in [-0.15, -0.1) is 0 Å². The van der Waals surface area contributed by atoms with Crippen LogP contribution in [0.15, 0.2) is 216 Å². The zero-order valence-electron chi connectivity index (χ0n) is 66.7. The molecule has 7 aromatic heterocycles. The number of nitrogens with one attached hydrogen (secondary N) is 2. The number of carbonyl (C=O) groups is 3. The highest BCUT2D eigenvalue weighted by Gasteiger charge is 2.52. The van der Waals surface area contributed by atoms with Gasteiger partial charge in [-0.05, 0) is 267 Å². The minimum absolute atomic E-state index is 0.294. The molecule has 0 amide bonds. The zero-order chi connectivity index (χ0) is 80.4. The average molecular weight is 1630 g/mol. The van der Waals surface area contributed by atoms with E-state index in [1.807, 2.05) is 238 Å². The van der Waals surface area contributed by atoms with Gasteiger partial charge in [-0.25, -0.2) is 24.0 Å². The van der Waals surface area contributed by atoms with Crippen LogP contribution in [0, 0.1) is 13.8 Å². The molecule has 1 aliphatic rings. The summed E-state index contributed by atoms with van der Waals surface area (Å²) in [7, 11) is -0.462. The number of hydrogen-bond donors (Lipinski definition) is 2. The molecular weight excluding hydrogens is 1530 g/mol. The van der Waals surface area contributed by atoms with Crippen molar-refractivity contribution in [3.05, 3.63) is 230 Å². The summed E-state index contributed by atoms with van der Waals surface area (Å²) in [5, 5.41) is 7.11. The van der Waals surface area contributed by atoms with Crippen molar-refractivity contribution in [3.63, 3.8) is 0 Å². The van der Waals surface area contributed by atoms with Gasteiger partial charge in [0.2, 0.25) is 0 Å². The van der Waals surface area contributed by atoms with Crippen LogP contribution in [-0.4, -0.2) is 103 Å². The Morgan fingerprint density at radius 2 is 0.802 bits per heavy atom. The van der Waals surface area contributed by atoms with Crippen LogP contribution in [0.1, 0.15) is 129 Å². The van der Waals surface area contributed by atoms with Crippen LogP contribution in [0.25, 0.3) is 98.7 Å². The monoisotopic (exact) mass is 1630 g/mol. The Balaban J connectivity index is 0.000000143. The third kappa shape index (κ3) is 18.6. The Bertz CT molecular complexity index is 5870. The number of H-pyrrole nitrogens is 2. The lowest BCUT2D eigenvalue weighted by Crippen LogP contribution is -2.41. The highest BCUT2D eigenvalue weighted by molar-refractivity contribution is 9.10. The first-order valence-electron chi connectivity index (χ1n) is 37.4. The molecule has 0 atom stereocenters. The quantitative estimate of drug-likeness (QED) is 0.0782. The van der Waals surface area contributed by atoms with Gasteiger partial charge in [0.1, 0.15) is 28.0 Å². The van der Waals surface area contributed by atoms with Gasteiger partial charge in [-0.1, -0.05) is 80.4 Å². The summed E-state index contributed by atoms with van der Waals surface area (Å²) in [4.78, 5) is 73.7. The number of aromatic nitrogens is 5. The molecule has 1 aliphatic heterocycles. The van der Waals surface area contributed by atoms with E-state index in [1.54, 1.807) is 18.6 Å². The van der Waals surface area contributed by atoms with Crippen LogP contribution >= 0.6 is 31.9 Å². The van der Waals surface area contributed by atoms with Crippen LogP contribution in [0.2, 0.25) is 0 Å². The van der Waals surface area contributed by atoms with Gasteiger partial charge in [-0.2, -0.15) is 0 Å². The molecule has 0 saturated carbocycles. The summed E-state index contributed by atoms with van der Waals surface area (Å²) < 4.78 is 46.6. The maximum Gasteiger partial charge on any atom is 0.494 e. The molecule has 0 unspecified atom stereocenters. The van der Waals surface area contributed by atoms with Crippen molar-refractivity contribution in [2.75, 3.05) is 36.0 Å². The lowest BCUT2D eigenvalue weighted by molar-refractivity contribution is 0.00578. The van der Waals surface area contributed by atoms with Crippen molar-refractivity contribution in [2.45, 2.75) is 160 Å². The van der Waals surface area contributed by atoms with Crippen molar-refractivity contribution in [1.82, 2.24) is 23.7 Å². The summed E-state index contributed by atoms with van der Waals surface area (Å²) in [6.07, 6.45) is 7.78. The second kappa shape index (κ2) is 32.9. The molecule has 14 aromatic rings. The Kier molecular flexibility index (Phi) is 24.2. The predicted molar refractivity (Wildman–Crippen MR) is 458 cm³/mol. The van der Waals surface area contributed by atoms with Gasteiger partial charge in [0, 0.05) is 128 Å². The zero-order valence-corrected chi connectivity index (χ0v) is 69.9. The number of carbonyl (C=O) groups excluding carboxylic acids is 3. The highest BCUT2D eigenvalue weighted by atomic mass is 79.9. The molecule has 578 valence electrons. The van der Waals surface area contributed by atoms with E-state index < -0.39 is 52.9 Å². The molecule has 7 aromatic carbocycles. The Morgan fingerprint density at radius 1 is 0.441 bits per heavy atom. The van der Waals surface area contributed by atoms with E-state index in [2.05, 4.69) is 116 Å². The van der Waals surface area contributed by atoms with Crippen LogP contribution in [0.3, 0.4) is 0 Å². The van der Waals surface area contributed by atoms with Gasteiger partial charge >= 0.3 is 36.6 Å². The smallest absolute Gasteiger partial charge is 0.443 e. The van der Waals surface area contributed by atoms with Gasteiger partial charge in [0.05, 0.1) is 38.9 Å². The molecule has 19 nitrogen and oxygen atoms in total. The third-order valence-electron chi connectivity index (χ3n) is 19.6. The molecule has 1 fully saturated rings. The number of fused-ring (bicyclic) bond motifs is 7. The maximum absolute atomic E-state index is 13.1. The van der Waals surface area contributed by atoms with Crippen LogP contribution in [0.4, 0.5) is 25.8 Å². The summed E-state index contributed by atoms with van der Waals surface area (Å²) in [5.41, 5.74) is 10.1. The second-order valence-corrected chi connectivity index (χ2v) is 33.2. The molecular formula is C89H98BBr2N7O12. The van der Waals surface area contributed by atoms with E-state index in [9.17, 15) is 24.0 Å². The standard InChI is InChI=1S/C27H30N2O4.C22H22N2O2.C19H26BNO4.C13H14BrNO2.C8H6BrN/c1-7-28(8-2)20-11-12-21-17(3)24(25(30)32-23(21)16-20)19-10-9-18-13-14-29(22(18)15-19)26(31)33-27(4,5)6;1-4-24(5-2)17-8-9-18-14(3)21(22(25)26-20(18)13-17)16-7-6-15-10-11-23-19(15)12-16;1-17(2,3)23-16(22)21-11-10-13-8-9-14(12-15(13)21)20-24-18(4,5)19(6,7)25-20;1-13(2,3)17-12(16)15-7-6-9-4-5-10(14)8-11(9)15;9-7-2-1-6-3-4-10-8(6)5-7/h9-16H,7-8H2,1-6H3;6-13,23H,4-5H2,1-3H3;8-12H,1-7H3;4-8H,1-3H3;1-5,10H. The van der Waals surface area contributed by atoms with Crippen molar-refractivity contribution in [1.29, 1.82) is 0 Å². The normalized spacial score (nSPS) is 13.3. The molecule has 0 spiro atoms. The SMILES string of the molecule is Brc1ccc2cc[nH]c2c1.CC(C)(C)OC(=O)n1ccc2ccc(B3OC(C)(C)C(C)(C)O3)cc21.CC(C)(C)OC(=O)n1ccc2ccc(Br)cc21.CCN(CC)c1ccc2c(C)c(-c3ccc4cc[nH]c4c3)c(=O)oc2c1.CCN(CC)c1ccc2c(C)c(-c3ccc4ccn(C(=O)OC(C)(C)C)c4c3)c(=O)oc2c1. The summed E-state index contributed by atoms with van der Waals surface area (Å²) in [6, 6.07) is 51.3. The van der Waals surface area contributed by atoms with Crippen LogP contribution in [0.5, 0.6) is 0 Å². The highest BCUT2D eigenvalue weighted by Crippen LogP contribution is 2.38. The predicted octanol–water partition coefficient (Wildman–Crippen LogP) is 22.3. The number of rotatable bonds is 9. The third-order valence-corrected chi connectivity index (χ3v) is 20.6. The molecule has 2 N–H and O–H groups in total. The number of ether oxygens (including phenoxy) is 3. The molecule has 1 saturated heterocycles. The number of benzene rings is 7. The molecule has 0 aliphatic carbocycles. The van der Waals surface area contributed by atoms with E-state index in [0.717, 1.165) is 118 Å². The average Bonchev–Trinajstić information content (AvgIpc) is 1.71. The lowest BCUT2D eigenvalue weighted by Gasteiger charge is -2.32. The van der Waals surface area contributed by atoms with Gasteiger partial charge in [0.25, 0.3) is 0 Å². The number of nitrogens with zero attached hydrogens (tertiary/aromatic N) is 5. The fourth-order valence-corrected chi connectivity index (χ4v) is 13.9. The maximum atomic E-state index is 13.1. The number of aromatic amines is 2. The summed E-state index contributed by atoms with van der Waals surface area (Å²) >= 11 is 6.79. The van der Waals surface area contributed by atoms with E-state index in [4.69, 9.17) is 32.4 Å². The van der Waals surface area contributed by atoms with Gasteiger partial charge in [-0.3, -0.25) is 13.7 Å². The van der Waals surface area contributed by atoms with E-state index in [1.165, 1.54) is 24.6 Å². The Hall–Kier alpha value is -10.4. The van der Waals surface area contributed by atoms with Crippen molar-refractivity contribution in [3.8, 4) is 22.3 Å². The van der Waals surface area contributed by atoms with Crippen molar-refractivity contribution in [2.24, 2.45) is 0 Å². The molecule has 22 heteroatoms. The summed E-state index contributed by atoms with van der Waals surface area (Å²) in [5.74, 6) is 0. The number of halogens is 2. The lowest BCUT2D eigenvalue weighted by atomic mass is 9.79. The first kappa shape index (κ1) is 81.6.